The number of rotatable bonds is 2. The Hall–Kier alpha value is -0.0800. The minimum atomic E-state index is -0.460. The molecule has 0 bridgehead atoms. The number of nitrogens with two attached hydrogens (primary N) is 1. The molecule has 0 saturated heterocycles. The summed E-state index contributed by atoms with van der Waals surface area (Å²) in [6.45, 7) is 2.99. The van der Waals surface area contributed by atoms with Crippen molar-refractivity contribution in [3.63, 3.8) is 0 Å². The van der Waals surface area contributed by atoms with Crippen molar-refractivity contribution in [2.24, 2.45) is 17.1 Å². The summed E-state index contributed by atoms with van der Waals surface area (Å²) in [6, 6.07) is 0. The molecule has 2 rings (SSSR count). The van der Waals surface area contributed by atoms with Crippen LogP contribution in [0.15, 0.2) is 0 Å². The zero-order chi connectivity index (χ0) is 12.4. The van der Waals surface area contributed by atoms with E-state index in [0.717, 1.165) is 31.6 Å². The van der Waals surface area contributed by atoms with Crippen LogP contribution in [0.25, 0.3) is 0 Å². The zero-order valence-electron chi connectivity index (χ0n) is 11.4. The largest absolute Gasteiger partial charge is 0.389 e. The summed E-state index contributed by atoms with van der Waals surface area (Å²) in [5.74, 6) is 0.788. The van der Waals surface area contributed by atoms with Gasteiger partial charge in [0.05, 0.1) is 5.60 Å². The van der Waals surface area contributed by atoms with Gasteiger partial charge < -0.3 is 10.8 Å². The lowest BCUT2D eigenvalue weighted by Gasteiger charge is -2.50. The van der Waals surface area contributed by atoms with Crippen molar-refractivity contribution in [1.29, 1.82) is 0 Å². The lowest BCUT2D eigenvalue weighted by molar-refractivity contribution is -0.119. The van der Waals surface area contributed by atoms with Gasteiger partial charge in [-0.15, -0.1) is 0 Å². The minimum absolute atomic E-state index is 0.0314. The van der Waals surface area contributed by atoms with E-state index in [1.807, 2.05) is 0 Å². The highest BCUT2D eigenvalue weighted by Crippen LogP contribution is 2.50. The smallest absolute Gasteiger partial charge is 0.0716 e. The average molecular weight is 239 g/mol. The summed E-state index contributed by atoms with van der Waals surface area (Å²) < 4.78 is 0. The molecule has 0 aromatic carbocycles. The molecule has 2 nitrogen and oxygen atoms in total. The zero-order valence-corrected chi connectivity index (χ0v) is 11.4. The van der Waals surface area contributed by atoms with Gasteiger partial charge in [0.25, 0.3) is 0 Å². The fourth-order valence-corrected chi connectivity index (χ4v) is 4.03. The molecular weight excluding hydrogens is 210 g/mol. The van der Waals surface area contributed by atoms with Crippen molar-refractivity contribution < 1.29 is 5.11 Å². The molecule has 2 saturated carbocycles. The molecule has 0 radical (unpaired) electrons. The maximum atomic E-state index is 11.1. The summed E-state index contributed by atoms with van der Waals surface area (Å²) >= 11 is 0. The van der Waals surface area contributed by atoms with Crippen LogP contribution in [0.3, 0.4) is 0 Å². The van der Waals surface area contributed by atoms with E-state index in [4.69, 9.17) is 5.73 Å². The van der Waals surface area contributed by atoms with E-state index < -0.39 is 5.60 Å². The lowest BCUT2D eigenvalue weighted by Crippen LogP contribution is -2.54. The van der Waals surface area contributed by atoms with Crippen LogP contribution in [-0.2, 0) is 0 Å². The lowest BCUT2D eigenvalue weighted by atomic mass is 9.60. The molecule has 3 N–H and O–H groups in total. The fourth-order valence-electron chi connectivity index (χ4n) is 4.03. The molecule has 0 amide bonds. The van der Waals surface area contributed by atoms with E-state index in [0.29, 0.717) is 6.54 Å². The molecule has 17 heavy (non-hydrogen) atoms. The Morgan fingerprint density at radius 3 is 2.00 bits per heavy atom. The Labute approximate surface area is 106 Å². The van der Waals surface area contributed by atoms with Crippen LogP contribution in [0.2, 0.25) is 0 Å². The van der Waals surface area contributed by atoms with E-state index in [1.54, 1.807) is 0 Å². The number of hydrogen-bond donors (Lipinski definition) is 2. The van der Waals surface area contributed by atoms with Gasteiger partial charge in [0.1, 0.15) is 0 Å². The van der Waals surface area contributed by atoms with Crippen LogP contribution in [0, 0.1) is 11.3 Å². The van der Waals surface area contributed by atoms with Gasteiger partial charge in [0.15, 0.2) is 0 Å². The molecule has 2 heteroatoms. The van der Waals surface area contributed by atoms with Gasteiger partial charge in [-0.3, -0.25) is 0 Å². The van der Waals surface area contributed by atoms with Gasteiger partial charge in [0, 0.05) is 12.0 Å². The van der Waals surface area contributed by atoms with Crippen molar-refractivity contribution >= 4 is 0 Å². The van der Waals surface area contributed by atoms with E-state index >= 15 is 0 Å². The SMILES string of the molecule is CC1CCC(O)(C2(CN)CCCCCC2)CC1. The molecule has 0 aromatic rings. The van der Waals surface area contributed by atoms with Crippen molar-refractivity contribution in [3.8, 4) is 0 Å². The predicted molar refractivity (Wildman–Crippen MR) is 71.8 cm³/mol. The first-order chi connectivity index (χ1) is 8.12. The highest BCUT2D eigenvalue weighted by atomic mass is 16.3. The predicted octanol–water partition coefficient (Wildman–Crippen LogP) is 3.23. The Morgan fingerprint density at radius 2 is 1.53 bits per heavy atom. The summed E-state index contributed by atoms with van der Waals surface area (Å²) in [4.78, 5) is 0. The fraction of sp³-hybridized carbons (Fsp3) is 1.00. The monoisotopic (exact) mass is 239 g/mol. The molecule has 0 spiro atoms. The van der Waals surface area contributed by atoms with Crippen molar-refractivity contribution in [3.05, 3.63) is 0 Å². The van der Waals surface area contributed by atoms with Crippen LogP contribution in [0.4, 0.5) is 0 Å². The van der Waals surface area contributed by atoms with Gasteiger partial charge in [-0.1, -0.05) is 32.6 Å². The van der Waals surface area contributed by atoms with Crippen molar-refractivity contribution in [1.82, 2.24) is 0 Å². The van der Waals surface area contributed by atoms with Crippen LogP contribution < -0.4 is 5.73 Å². The molecule has 0 unspecified atom stereocenters. The van der Waals surface area contributed by atoms with Crippen molar-refractivity contribution in [2.75, 3.05) is 6.54 Å². The summed E-state index contributed by atoms with van der Waals surface area (Å²) in [6.07, 6.45) is 11.8. The van der Waals surface area contributed by atoms with E-state index in [1.165, 1.54) is 38.5 Å². The molecule has 0 aromatic heterocycles. The third kappa shape index (κ3) is 2.53. The first kappa shape index (κ1) is 13.4. The topological polar surface area (TPSA) is 46.2 Å². The summed E-state index contributed by atoms with van der Waals surface area (Å²) in [5.41, 5.74) is 5.67. The summed E-state index contributed by atoms with van der Waals surface area (Å²) in [5, 5.41) is 11.1. The normalized spacial score (nSPS) is 38.6. The Bertz CT molecular complexity index is 235. The van der Waals surface area contributed by atoms with E-state index in [-0.39, 0.29) is 5.41 Å². The molecule has 0 heterocycles. The number of aliphatic hydroxyl groups is 1. The Balaban J connectivity index is 2.14. The molecule has 2 fully saturated rings. The maximum Gasteiger partial charge on any atom is 0.0716 e. The Morgan fingerprint density at radius 1 is 1.00 bits per heavy atom. The first-order valence-electron chi connectivity index (χ1n) is 7.54. The third-order valence-electron chi connectivity index (χ3n) is 5.54. The highest BCUT2D eigenvalue weighted by Gasteiger charge is 2.49. The number of hydrogen-bond acceptors (Lipinski definition) is 2. The second-order valence-corrected chi connectivity index (χ2v) is 6.61. The van der Waals surface area contributed by atoms with E-state index in [9.17, 15) is 5.11 Å². The average Bonchev–Trinajstić information content (AvgIpc) is 2.59. The Kier molecular flexibility index (Phi) is 4.14. The highest BCUT2D eigenvalue weighted by molar-refractivity contribution is 5.02. The van der Waals surface area contributed by atoms with Crippen molar-refractivity contribution in [2.45, 2.75) is 76.7 Å². The second kappa shape index (κ2) is 5.27. The molecule has 2 aliphatic carbocycles. The second-order valence-electron chi connectivity index (χ2n) is 6.61. The maximum absolute atomic E-state index is 11.1. The quantitative estimate of drug-likeness (QED) is 0.727. The van der Waals surface area contributed by atoms with Crippen LogP contribution >= 0.6 is 0 Å². The molecule has 2 aliphatic rings. The molecule has 100 valence electrons. The first-order valence-corrected chi connectivity index (χ1v) is 7.54. The third-order valence-corrected chi connectivity index (χ3v) is 5.54. The van der Waals surface area contributed by atoms with Gasteiger partial charge in [-0.25, -0.2) is 0 Å². The molecule has 0 aliphatic heterocycles. The molecule has 0 atom stereocenters. The standard InChI is InChI=1S/C15H29NO/c1-13-6-10-15(17,11-7-13)14(12-16)8-4-2-3-5-9-14/h13,17H,2-12,16H2,1H3. The van der Waals surface area contributed by atoms with Gasteiger partial charge >= 0.3 is 0 Å². The molecular formula is C15H29NO. The van der Waals surface area contributed by atoms with E-state index in [2.05, 4.69) is 6.92 Å². The summed E-state index contributed by atoms with van der Waals surface area (Å²) in [7, 11) is 0. The van der Waals surface area contributed by atoms with Gasteiger partial charge in [-0.05, 0) is 44.4 Å². The van der Waals surface area contributed by atoms with Crippen LogP contribution in [0.1, 0.15) is 71.1 Å². The van der Waals surface area contributed by atoms with Gasteiger partial charge in [-0.2, -0.15) is 0 Å². The van der Waals surface area contributed by atoms with Crippen LogP contribution in [0.5, 0.6) is 0 Å². The van der Waals surface area contributed by atoms with Crippen LogP contribution in [-0.4, -0.2) is 17.3 Å². The minimum Gasteiger partial charge on any atom is -0.389 e. The van der Waals surface area contributed by atoms with Gasteiger partial charge in [0.2, 0.25) is 0 Å².